The van der Waals surface area contributed by atoms with Crippen LogP contribution >= 0.6 is 0 Å². The van der Waals surface area contributed by atoms with E-state index in [1.54, 1.807) is 7.11 Å². The van der Waals surface area contributed by atoms with Gasteiger partial charge in [0.25, 0.3) is 0 Å². The molecule has 3 aromatic rings. The van der Waals surface area contributed by atoms with Crippen LogP contribution in [0.4, 0.5) is 11.5 Å². The van der Waals surface area contributed by atoms with Crippen LogP contribution in [0.5, 0.6) is 5.75 Å². The van der Waals surface area contributed by atoms with Crippen molar-refractivity contribution in [2.24, 2.45) is 0 Å². The van der Waals surface area contributed by atoms with Crippen molar-refractivity contribution in [1.82, 2.24) is 14.5 Å². The third kappa shape index (κ3) is 3.84. The minimum atomic E-state index is 0.946. The molecule has 0 saturated carbocycles. The van der Waals surface area contributed by atoms with E-state index in [0.717, 1.165) is 56.5 Å². The third-order valence-corrected chi connectivity index (χ3v) is 6.48. The number of benzene rings is 1. The lowest BCUT2D eigenvalue weighted by Crippen LogP contribution is -2.47. The molecule has 0 aliphatic carbocycles. The van der Waals surface area contributed by atoms with Crippen LogP contribution in [0.3, 0.4) is 0 Å². The van der Waals surface area contributed by atoms with Crippen LogP contribution in [0.15, 0.2) is 48.7 Å². The van der Waals surface area contributed by atoms with E-state index in [-0.39, 0.29) is 0 Å². The number of ether oxygens (including phenoxy) is 1. The molecule has 2 aromatic heterocycles. The summed E-state index contributed by atoms with van der Waals surface area (Å²) < 4.78 is 7.87. The standard InChI is InChI=1S/C24H31N5O/c1-30-22-7-3-2-6-21(22)27-16-18-28(19-17-27)23-9-8-20-10-13-29(24(20)25-23)15-14-26-11-4-5-12-26/h2-3,6-10,13H,4-5,11-12,14-19H2,1H3. The molecule has 0 radical (unpaired) electrons. The maximum absolute atomic E-state index is 5.55. The summed E-state index contributed by atoms with van der Waals surface area (Å²) in [5.41, 5.74) is 2.29. The molecule has 4 heterocycles. The van der Waals surface area contributed by atoms with Gasteiger partial charge in [0.15, 0.2) is 0 Å². The van der Waals surface area contributed by atoms with Crippen LogP contribution in [0, 0.1) is 0 Å². The number of likely N-dealkylation sites (tertiary alicyclic amines) is 1. The Kier molecular flexibility index (Phi) is 5.49. The maximum atomic E-state index is 5.55. The highest BCUT2D eigenvalue weighted by Gasteiger charge is 2.21. The van der Waals surface area contributed by atoms with Crippen molar-refractivity contribution >= 4 is 22.5 Å². The molecule has 2 saturated heterocycles. The second-order valence-corrected chi connectivity index (χ2v) is 8.29. The lowest BCUT2D eigenvalue weighted by atomic mass is 10.2. The monoisotopic (exact) mass is 405 g/mol. The Morgan fingerprint density at radius 3 is 2.40 bits per heavy atom. The van der Waals surface area contributed by atoms with Crippen LogP contribution in [0.1, 0.15) is 12.8 Å². The van der Waals surface area contributed by atoms with Crippen molar-refractivity contribution < 1.29 is 4.74 Å². The van der Waals surface area contributed by atoms with Gasteiger partial charge >= 0.3 is 0 Å². The van der Waals surface area contributed by atoms with E-state index in [1.807, 2.05) is 12.1 Å². The fraction of sp³-hybridized carbons (Fsp3) is 0.458. The molecule has 2 aliphatic rings. The van der Waals surface area contributed by atoms with Gasteiger partial charge in [-0.15, -0.1) is 0 Å². The van der Waals surface area contributed by atoms with Gasteiger partial charge < -0.3 is 24.0 Å². The van der Waals surface area contributed by atoms with Gasteiger partial charge in [0.05, 0.1) is 12.8 Å². The van der Waals surface area contributed by atoms with Crippen LogP contribution in [-0.2, 0) is 6.54 Å². The minimum absolute atomic E-state index is 0.946. The second kappa shape index (κ2) is 8.56. The van der Waals surface area contributed by atoms with E-state index in [1.165, 1.54) is 37.0 Å². The zero-order valence-corrected chi connectivity index (χ0v) is 17.8. The molecule has 0 N–H and O–H groups in total. The van der Waals surface area contributed by atoms with E-state index in [9.17, 15) is 0 Å². The number of aromatic nitrogens is 2. The van der Waals surface area contributed by atoms with E-state index in [0.29, 0.717) is 0 Å². The Morgan fingerprint density at radius 2 is 1.60 bits per heavy atom. The first-order valence-corrected chi connectivity index (χ1v) is 11.1. The smallest absolute Gasteiger partial charge is 0.142 e. The van der Waals surface area contributed by atoms with Crippen molar-refractivity contribution in [3.05, 3.63) is 48.7 Å². The lowest BCUT2D eigenvalue weighted by molar-refractivity contribution is 0.324. The van der Waals surface area contributed by atoms with Gasteiger partial charge in [-0.05, 0) is 56.3 Å². The molecule has 5 rings (SSSR count). The number of hydrogen-bond acceptors (Lipinski definition) is 5. The summed E-state index contributed by atoms with van der Waals surface area (Å²) in [5.74, 6) is 2.03. The third-order valence-electron chi connectivity index (χ3n) is 6.48. The predicted molar refractivity (Wildman–Crippen MR) is 123 cm³/mol. The van der Waals surface area contributed by atoms with Gasteiger partial charge in [-0.25, -0.2) is 4.98 Å². The normalized spacial score (nSPS) is 17.8. The quantitative estimate of drug-likeness (QED) is 0.628. The number of pyridine rings is 1. The number of nitrogens with zero attached hydrogens (tertiary/aromatic N) is 5. The number of methoxy groups -OCH3 is 1. The van der Waals surface area contributed by atoms with Gasteiger partial charge in [0.1, 0.15) is 17.2 Å². The number of piperazine rings is 1. The number of anilines is 2. The Labute approximate surface area is 178 Å². The molecular weight excluding hydrogens is 374 g/mol. The molecular formula is C24H31N5O. The zero-order chi connectivity index (χ0) is 20.3. The Balaban J connectivity index is 1.28. The zero-order valence-electron chi connectivity index (χ0n) is 17.8. The number of fused-ring (bicyclic) bond motifs is 1. The van der Waals surface area contributed by atoms with Crippen molar-refractivity contribution in [2.45, 2.75) is 19.4 Å². The van der Waals surface area contributed by atoms with Crippen molar-refractivity contribution in [3.8, 4) is 5.75 Å². The highest BCUT2D eigenvalue weighted by atomic mass is 16.5. The van der Waals surface area contributed by atoms with Gasteiger partial charge in [-0.2, -0.15) is 0 Å². The summed E-state index contributed by atoms with van der Waals surface area (Å²) in [4.78, 5) is 12.4. The van der Waals surface area contributed by atoms with Gasteiger partial charge in [0, 0.05) is 50.9 Å². The molecule has 2 fully saturated rings. The topological polar surface area (TPSA) is 36.8 Å². The molecule has 6 nitrogen and oxygen atoms in total. The van der Waals surface area contributed by atoms with Crippen LogP contribution in [-0.4, -0.2) is 67.4 Å². The fourth-order valence-electron chi connectivity index (χ4n) is 4.73. The van der Waals surface area contributed by atoms with Crippen molar-refractivity contribution in [2.75, 3.05) is 62.7 Å². The first-order valence-electron chi connectivity index (χ1n) is 11.1. The van der Waals surface area contributed by atoms with Crippen LogP contribution < -0.4 is 14.5 Å². The molecule has 0 unspecified atom stereocenters. The number of hydrogen-bond donors (Lipinski definition) is 0. The summed E-state index contributed by atoms with van der Waals surface area (Å²) in [6, 6.07) is 14.9. The molecule has 0 bridgehead atoms. The molecule has 0 spiro atoms. The number of rotatable bonds is 6. The highest BCUT2D eigenvalue weighted by Crippen LogP contribution is 2.29. The van der Waals surface area contributed by atoms with E-state index in [2.05, 4.69) is 55.8 Å². The molecule has 30 heavy (non-hydrogen) atoms. The first-order chi connectivity index (χ1) is 14.8. The molecule has 0 atom stereocenters. The molecule has 0 amide bonds. The predicted octanol–water partition coefficient (Wildman–Crippen LogP) is 3.47. The average molecular weight is 406 g/mol. The summed E-state index contributed by atoms with van der Waals surface area (Å²) in [5, 5.41) is 1.23. The Morgan fingerprint density at radius 1 is 0.833 bits per heavy atom. The minimum Gasteiger partial charge on any atom is -0.495 e. The lowest BCUT2D eigenvalue weighted by Gasteiger charge is -2.37. The van der Waals surface area contributed by atoms with Crippen molar-refractivity contribution in [3.63, 3.8) is 0 Å². The van der Waals surface area contributed by atoms with E-state index >= 15 is 0 Å². The Bertz CT molecular complexity index is 986. The highest BCUT2D eigenvalue weighted by molar-refractivity contribution is 5.78. The first kappa shape index (κ1) is 19.2. The van der Waals surface area contributed by atoms with E-state index < -0.39 is 0 Å². The van der Waals surface area contributed by atoms with Gasteiger partial charge in [0.2, 0.25) is 0 Å². The second-order valence-electron chi connectivity index (χ2n) is 8.29. The molecule has 2 aliphatic heterocycles. The van der Waals surface area contributed by atoms with Gasteiger partial charge in [-0.3, -0.25) is 0 Å². The van der Waals surface area contributed by atoms with Crippen molar-refractivity contribution in [1.29, 1.82) is 0 Å². The SMILES string of the molecule is COc1ccccc1N1CCN(c2ccc3ccn(CCN4CCCC4)c3n2)CC1. The summed E-state index contributed by atoms with van der Waals surface area (Å²) in [7, 11) is 1.74. The van der Waals surface area contributed by atoms with Crippen LogP contribution in [0.2, 0.25) is 0 Å². The van der Waals surface area contributed by atoms with Crippen LogP contribution in [0.25, 0.3) is 11.0 Å². The summed E-state index contributed by atoms with van der Waals surface area (Å²) >= 11 is 0. The average Bonchev–Trinajstić information content (AvgIpc) is 3.47. The van der Waals surface area contributed by atoms with Gasteiger partial charge in [-0.1, -0.05) is 12.1 Å². The fourth-order valence-corrected chi connectivity index (χ4v) is 4.73. The molecule has 158 valence electrons. The number of para-hydroxylation sites is 2. The molecule has 1 aromatic carbocycles. The summed E-state index contributed by atoms with van der Waals surface area (Å²) in [6.07, 6.45) is 4.88. The largest absolute Gasteiger partial charge is 0.495 e. The maximum Gasteiger partial charge on any atom is 0.142 e. The molecule has 6 heteroatoms. The Hall–Kier alpha value is -2.73. The van der Waals surface area contributed by atoms with E-state index in [4.69, 9.17) is 9.72 Å². The summed E-state index contributed by atoms with van der Waals surface area (Å²) in [6.45, 7) is 8.49.